The highest BCUT2D eigenvalue weighted by Gasteiger charge is 2.40. The lowest BCUT2D eigenvalue weighted by Gasteiger charge is -2.38. The predicted octanol–water partition coefficient (Wildman–Crippen LogP) is 8.86. The van der Waals surface area contributed by atoms with Crippen LogP contribution < -0.4 is 9.80 Å². The first-order valence-corrected chi connectivity index (χ1v) is 13.4. The maximum Gasteiger partial charge on any atom is 0.0530 e. The van der Waals surface area contributed by atoms with E-state index in [9.17, 15) is 0 Å². The molecule has 2 aliphatic rings. The molecule has 2 aliphatic heterocycles. The molecule has 2 heterocycles. The van der Waals surface area contributed by atoms with Crippen LogP contribution in [0.25, 0.3) is 21.5 Å². The Hall–Kier alpha value is -3.78. The van der Waals surface area contributed by atoms with Crippen molar-refractivity contribution in [3.05, 3.63) is 120 Å². The van der Waals surface area contributed by atoms with Crippen LogP contribution in [-0.4, -0.2) is 13.6 Å². The third kappa shape index (κ3) is 3.46. The Morgan fingerprint density at radius 2 is 1.27 bits per heavy atom. The number of allylic oxidation sites excluding steroid dienone is 5. The molecule has 37 heavy (non-hydrogen) atoms. The van der Waals surface area contributed by atoms with E-state index in [4.69, 9.17) is 0 Å². The van der Waals surface area contributed by atoms with Crippen molar-refractivity contribution in [2.75, 3.05) is 23.4 Å². The van der Waals surface area contributed by atoms with E-state index in [1.807, 2.05) is 0 Å². The average molecular weight is 485 g/mol. The van der Waals surface area contributed by atoms with E-state index in [1.165, 1.54) is 55.3 Å². The summed E-state index contributed by atoms with van der Waals surface area (Å²) in [5.74, 6) is 0. The third-order valence-electron chi connectivity index (χ3n) is 8.60. The fraction of sp³-hybridized carbons (Fsp3) is 0.257. The topological polar surface area (TPSA) is 6.48 Å². The lowest BCUT2D eigenvalue weighted by Crippen LogP contribution is -2.30. The van der Waals surface area contributed by atoms with E-state index in [0.29, 0.717) is 0 Å². The molecule has 0 radical (unpaired) electrons. The van der Waals surface area contributed by atoms with Crippen molar-refractivity contribution in [1.82, 2.24) is 0 Å². The highest BCUT2D eigenvalue weighted by molar-refractivity contribution is 6.00. The van der Waals surface area contributed by atoms with Crippen LogP contribution in [-0.2, 0) is 10.8 Å². The van der Waals surface area contributed by atoms with Crippen molar-refractivity contribution in [3.63, 3.8) is 0 Å². The second kappa shape index (κ2) is 8.38. The van der Waals surface area contributed by atoms with Crippen molar-refractivity contribution >= 4 is 32.9 Å². The summed E-state index contributed by atoms with van der Waals surface area (Å²) in [4.78, 5) is 4.81. The van der Waals surface area contributed by atoms with Gasteiger partial charge in [0.1, 0.15) is 0 Å². The van der Waals surface area contributed by atoms with E-state index >= 15 is 0 Å². The fourth-order valence-corrected chi connectivity index (χ4v) is 6.50. The van der Waals surface area contributed by atoms with Gasteiger partial charge >= 0.3 is 0 Å². The summed E-state index contributed by atoms with van der Waals surface area (Å²) >= 11 is 0. The highest BCUT2D eigenvalue weighted by Crippen LogP contribution is 2.51. The van der Waals surface area contributed by atoms with E-state index in [2.05, 4.69) is 149 Å². The molecule has 0 aliphatic carbocycles. The fourth-order valence-electron chi connectivity index (χ4n) is 6.50. The van der Waals surface area contributed by atoms with Crippen LogP contribution >= 0.6 is 0 Å². The standard InChI is InChI=1S/C35H36N2/c1-7-37-31(35(4,5)30-22-20-25-14-9-11-17-28(25)33(30)37)18-12-15-26-23-36(6)32-27-16-10-8-13-24(27)19-21-29(32)34(26,2)3/h8-23H,7H2,1-6H3/b15-12+,31-18+. The zero-order valence-electron chi connectivity index (χ0n) is 22.8. The summed E-state index contributed by atoms with van der Waals surface area (Å²) in [6.07, 6.45) is 9.22. The maximum atomic E-state index is 2.51. The summed E-state index contributed by atoms with van der Waals surface area (Å²) in [5.41, 5.74) is 7.99. The maximum absolute atomic E-state index is 2.51. The van der Waals surface area contributed by atoms with E-state index < -0.39 is 0 Å². The monoisotopic (exact) mass is 484 g/mol. The third-order valence-corrected chi connectivity index (χ3v) is 8.60. The Morgan fingerprint density at radius 3 is 1.89 bits per heavy atom. The van der Waals surface area contributed by atoms with Gasteiger partial charge in [-0.15, -0.1) is 0 Å². The number of anilines is 2. The molecule has 0 saturated carbocycles. The normalized spacial score (nSPS) is 19.1. The summed E-state index contributed by atoms with van der Waals surface area (Å²) < 4.78 is 0. The number of rotatable bonds is 3. The molecule has 2 heteroatoms. The average Bonchev–Trinajstić information content (AvgIpc) is 3.12. The van der Waals surface area contributed by atoms with Gasteiger partial charge in [-0.3, -0.25) is 0 Å². The van der Waals surface area contributed by atoms with Gasteiger partial charge in [0.2, 0.25) is 0 Å². The second-order valence-corrected chi connectivity index (χ2v) is 11.5. The SMILES string of the molecule is CCN1/C(=C/C=C/C2=CN(C)c3c(ccc4ccccc34)C2(C)C)C(C)(C)c2ccc3ccccc3c21. The molecule has 0 aromatic heterocycles. The van der Waals surface area contributed by atoms with E-state index in [1.54, 1.807) is 0 Å². The molecule has 4 aromatic rings. The van der Waals surface area contributed by atoms with Gasteiger partial charge in [-0.2, -0.15) is 0 Å². The van der Waals surface area contributed by atoms with Gasteiger partial charge in [0.25, 0.3) is 0 Å². The number of hydrogen-bond donors (Lipinski definition) is 0. The molecule has 0 spiro atoms. The summed E-state index contributed by atoms with van der Waals surface area (Å²) in [5, 5.41) is 5.24. The highest BCUT2D eigenvalue weighted by atomic mass is 15.2. The molecular formula is C35H36N2. The van der Waals surface area contributed by atoms with Crippen molar-refractivity contribution in [2.24, 2.45) is 0 Å². The molecule has 186 valence electrons. The minimum atomic E-state index is -0.0876. The molecule has 0 bridgehead atoms. The van der Waals surface area contributed by atoms with Crippen LogP contribution in [0, 0.1) is 0 Å². The molecule has 0 amide bonds. The van der Waals surface area contributed by atoms with Gasteiger partial charge < -0.3 is 9.80 Å². The van der Waals surface area contributed by atoms with E-state index in [0.717, 1.165) is 6.54 Å². The first kappa shape index (κ1) is 23.6. The van der Waals surface area contributed by atoms with Gasteiger partial charge in [-0.1, -0.05) is 113 Å². The predicted molar refractivity (Wildman–Crippen MR) is 161 cm³/mol. The van der Waals surface area contributed by atoms with Gasteiger partial charge in [-0.25, -0.2) is 0 Å². The van der Waals surface area contributed by atoms with Gasteiger partial charge in [0.15, 0.2) is 0 Å². The first-order chi connectivity index (χ1) is 17.7. The quantitative estimate of drug-likeness (QED) is 0.286. The Bertz CT molecular complexity index is 1630. The van der Waals surface area contributed by atoms with Gasteiger partial charge in [0.05, 0.1) is 11.4 Å². The zero-order chi connectivity index (χ0) is 25.9. The zero-order valence-corrected chi connectivity index (χ0v) is 22.8. The van der Waals surface area contributed by atoms with Crippen molar-refractivity contribution in [3.8, 4) is 0 Å². The van der Waals surface area contributed by atoms with Crippen LogP contribution in [0.5, 0.6) is 0 Å². The minimum absolute atomic E-state index is 0.0571. The van der Waals surface area contributed by atoms with Crippen molar-refractivity contribution in [2.45, 2.75) is 45.4 Å². The molecule has 0 N–H and O–H groups in total. The number of likely N-dealkylation sites (N-methyl/N-ethyl adjacent to an activating group) is 1. The largest absolute Gasteiger partial charge is 0.350 e. The van der Waals surface area contributed by atoms with E-state index in [-0.39, 0.29) is 10.8 Å². The Morgan fingerprint density at radius 1 is 0.703 bits per heavy atom. The summed E-state index contributed by atoms with van der Waals surface area (Å²) in [7, 11) is 2.17. The Balaban J connectivity index is 1.40. The van der Waals surface area contributed by atoms with Gasteiger partial charge in [-0.05, 0) is 40.5 Å². The molecule has 0 fully saturated rings. The lowest BCUT2D eigenvalue weighted by atomic mass is 9.74. The lowest BCUT2D eigenvalue weighted by molar-refractivity contribution is 0.626. The molecule has 0 unspecified atom stereocenters. The second-order valence-electron chi connectivity index (χ2n) is 11.5. The Labute approximate surface area is 221 Å². The molecule has 2 nitrogen and oxygen atoms in total. The van der Waals surface area contributed by atoms with Crippen LogP contribution in [0.3, 0.4) is 0 Å². The number of hydrogen-bond acceptors (Lipinski definition) is 2. The number of nitrogens with zero attached hydrogens (tertiary/aromatic N) is 2. The van der Waals surface area contributed by atoms with Crippen LogP contribution in [0.4, 0.5) is 11.4 Å². The number of benzene rings is 4. The molecule has 6 rings (SSSR count). The summed E-state index contributed by atoms with van der Waals surface area (Å²) in [6.45, 7) is 12.6. The summed E-state index contributed by atoms with van der Waals surface area (Å²) in [6, 6.07) is 26.6. The minimum Gasteiger partial charge on any atom is -0.350 e. The Kier molecular flexibility index (Phi) is 5.35. The van der Waals surface area contributed by atoms with Crippen LogP contribution in [0.15, 0.2) is 108 Å². The smallest absolute Gasteiger partial charge is 0.0530 e. The van der Waals surface area contributed by atoms with Crippen molar-refractivity contribution in [1.29, 1.82) is 0 Å². The molecular weight excluding hydrogens is 448 g/mol. The van der Waals surface area contributed by atoms with Crippen LogP contribution in [0.2, 0.25) is 0 Å². The molecule has 4 aromatic carbocycles. The first-order valence-electron chi connectivity index (χ1n) is 13.4. The molecule has 0 saturated heterocycles. The van der Waals surface area contributed by atoms with Gasteiger partial charge in [0, 0.05) is 47.1 Å². The van der Waals surface area contributed by atoms with Crippen molar-refractivity contribution < 1.29 is 0 Å². The van der Waals surface area contributed by atoms with Crippen LogP contribution in [0.1, 0.15) is 45.7 Å². The number of fused-ring (bicyclic) bond motifs is 6. The molecule has 0 atom stereocenters.